The van der Waals surface area contributed by atoms with Crippen molar-refractivity contribution in [2.24, 2.45) is 0 Å². The second-order valence-corrected chi connectivity index (χ2v) is 4.20. The van der Waals surface area contributed by atoms with Crippen molar-refractivity contribution in [3.05, 3.63) is 36.0 Å². The molecule has 0 radical (unpaired) electrons. The van der Waals surface area contributed by atoms with Crippen LogP contribution in [-0.2, 0) is 13.0 Å². The summed E-state index contributed by atoms with van der Waals surface area (Å²) in [7, 11) is 0. The molecule has 92 valence electrons. The summed E-state index contributed by atoms with van der Waals surface area (Å²) in [5, 5.41) is 3.58. The van der Waals surface area contributed by atoms with Crippen molar-refractivity contribution in [3.63, 3.8) is 0 Å². The summed E-state index contributed by atoms with van der Waals surface area (Å²) in [6.45, 7) is 2.72. The van der Waals surface area contributed by atoms with Gasteiger partial charge in [-0.3, -0.25) is 0 Å². The highest BCUT2D eigenvalue weighted by Gasteiger charge is 2.09. The van der Waals surface area contributed by atoms with Crippen molar-refractivity contribution in [1.82, 2.24) is 19.7 Å². The molecule has 0 bridgehead atoms. The number of benzene rings is 1. The van der Waals surface area contributed by atoms with Crippen molar-refractivity contribution in [1.29, 1.82) is 0 Å². The Kier molecular flexibility index (Phi) is 2.47. The van der Waals surface area contributed by atoms with Crippen LogP contribution in [0.2, 0.25) is 0 Å². The Morgan fingerprint density at radius 1 is 1.39 bits per heavy atom. The van der Waals surface area contributed by atoms with E-state index in [0.717, 1.165) is 11.0 Å². The molecule has 0 saturated heterocycles. The maximum absolute atomic E-state index is 5.93. The smallest absolute Gasteiger partial charge is 0.228 e. The van der Waals surface area contributed by atoms with Gasteiger partial charge in [0.1, 0.15) is 0 Å². The SMILES string of the molecule is Cc1ccc2nc(N)n(CCc3ncno3)c2c1. The van der Waals surface area contributed by atoms with Gasteiger partial charge in [0.15, 0.2) is 6.33 Å². The zero-order valence-corrected chi connectivity index (χ0v) is 10.00. The zero-order chi connectivity index (χ0) is 12.5. The molecule has 0 aliphatic rings. The zero-order valence-electron chi connectivity index (χ0n) is 10.00. The van der Waals surface area contributed by atoms with Crippen LogP contribution in [0, 0.1) is 6.92 Å². The van der Waals surface area contributed by atoms with Gasteiger partial charge >= 0.3 is 0 Å². The van der Waals surface area contributed by atoms with Gasteiger partial charge in [0, 0.05) is 13.0 Å². The number of nitrogens with two attached hydrogens (primary N) is 1. The van der Waals surface area contributed by atoms with Crippen LogP contribution in [0.4, 0.5) is 5.95 Å². The Balaban J connectivity index is 1.95. The minimum absolute atomic E-state index is 0.509. The topological polar surface area (TPSA) is 82.8 Å². The number of anilines is 1. The van der Waals surface area contributed by atoms with Gasteiger partial charge in [-0.05, 0) is 24.6 Å². The summed E-state index contributed by atoms with van der Waals surface area (Å²) in [4.78, 5) is 8.32. The molecular weight excluding hydrogens is 230 g/mol. The van der Waals surface area contributed by atoms with Crippen LogP contribution in [0.5, 0.6) is 0 Å². The van der Waals surface area contributed by atoms with Crippen molar-refractivity contribution >= 4 is 17.0 Å². The maximum Gasteiger partial charge on any atom is 0.228 e. The summed E-state index contributed by atoms with van der Waals surface area (Å²) < 4.78 is 6.94. The average molecular weight is 243 g/mol. The number of hydrogen-bond acceptors (Lipinski definition) is 5. The normalized spacial score (nSPS) is 11.2. The third kappa shape index (κ3) is 1.81. The van der Waals surface area contributed by atoms with Gasteiger partial charge in [-0.15, -0.1) is 0 Å². The molecule has 0 atom stereocenters. The van der Waals surface area contributed by atoms with Gasteiger partial charge in [0.2, 0.25) is 11.8 Å². The van der Waals surface area contributed by atoms with E-state index in [-0.39, 0.29) is 0 Å². The maximum atomic E-state index is 5.93. The third-order valence-electron chi connectivity index (χ3n) is 2.89. The molecule has 0 aliphatic carbocycles. The fourth-order valence-electron chi connectivity index (χ4n) is 2.00. The van der Waals surface area contributed by atoms with Gasteiger partial charge in [0.25, 0.3) is 0 Å². The number of aromatic nitrogens is 4. The van der Waals surface area contributed by atoms with E-state index in [0.29, 0.717) is 24.8 Å². The first-order valence-corrected chi connectivity index (χ1v) is 5.72. The van der Waals surface area contributed by atoms with E-state index in [9.17, 15) is 0 Å². The van der Waals surface area contributed by atoms with Gasteiger partial charge < -0.3 is 14.8 Å². The largest absolute Gasteiger partial charge is 0.369 e. The Hall–Kier alpha value is -2.37. The number of nitrogen functional groups attached to an aromatic ring is 1. The molecule has 0 amide bonds. The molecule has 0 aliphatic heterocycles. The Morgan fingerprint density at radius 3 is 3.06 bits per heavy atom. The molecule has 0 spiro atoms. The van der Waals surface area contributed by atoms with E-state index in [4.69, 9.17) is 10.3 Å². The van der Waals surface area contributed by atoms with E-state index < -0.39 is 0 Å². The highest BCUT2D eigenvalue weighted by molar-refractivity contribution is 5.79. The average Bonchev–Trinajstić information content (AvgIpc) is 2.94. The van der Waals surface area contributed by atoms with Gasteiger partial charge in [-0.2, -0.15) is 4.98 Å². The Morgan fingerprint density at radius 2 is 2.28 bits per heavy atom. The van der Waals surface area contributed by atoms with Crippen LogP contribution in [-0.4, -0.2) is 19.7 Å². The fourth-order valence-corrected chi connectivity index (χ4v) is 2.00. The first-order chi connectivity index (χ1) is 8.74. The van der Waals surface area contributed by atoms with Crippen LogP contribution >= 0.6 is 0 Å². The lowest BCUT2D eigenvalue weighted by molar-refractivity contribution is 0.372. The van der Waals surface area contributed by atoms with Crippen LogP contribution in [0.15, 0.2) is 29.0 Å². The number of fused-ring (bicyclic) bond motifs is 1. The highest BCUT2D eigenvalue weighted by atomic mass is 16.5. The predicted molar refractivity (Wildman–Crippen MR) is 66.9 cm³/mol. The summed E-state index contributed by atoms with van der Waals surface area (Å²) >= 11 is 0. The van der Waals surface area contributed by atoms with E-state index in [1.165, 1.54) is 11.9 Å². The quantitative estimate of drug-likeness (QED) is 0.754. The lowest BCUT2D eigenvalue weighted by Crippen LogP contribution is -2.05. The minimum Gasteiger partial charge on any atom is -0.369 e. The summed E-state index contributed by atoms with van der Waals surface area (Å²) in [6, 6.07) is 6.08. The summed E-state index contributed by atoms with van der Waals surface area (Å²) in [6.07, 6.45) is 2.04. The van der Waals surface area contributed by atoms with Gasteiger partial charge in [-0.25, -0.2) is 4.98 Å². The summed E-state index contributed by atoms with van der Waals surface area (Å²) in [5.41, 5.74) is 9.05. The Bertz CT molecular complexity index is 671. The van der Waals surface area contributed by atoms with E-state index >= 15 is 0 Å². The first kappa shape index (κ1) is 10.8. The molecule has 0 fully saturated rings. The molecule has 0 saturated carbocycles. The molecule has 6 nitrogen and oxygen atoms in total. The fraction of sp³-hybridized carbons (Fsp3) is 0.250. The molecule has 6 heteroatoms. The lowest BCUT2D eigenvalue weighted by Gasteiger charge is -2.04. The molecule has 0 unspecified atom stereocenters. The predicted octanol–water partition coefficient (Wildman–Crippen LogP) is 1.55. The minimum atomic E-state index is 0.509. The van der Waals surface area contributed by atoms with Crippen molar-refractivity contribution in [3.8, 4) is 0 Å². The lowest BCUT2D eigenvalue weighted by atomic mass is 10.2. The standard InChI is InChI=1S/C12H13N5O/c1-8-2-3-9-10(6-8)17(12(13)16-9)5-4-11-14-7-15-18-11/h2-3,6-7H,4-5H2,1H3,(H2,13,16). The molecule has 1 aromatic carbocycles. The molecular formula is C12H13N5O. The molecule has 2 aromatic heterocycles. The molecule has 2 heterocycles. The van der Waals surface area contributed by atoms with E-state index in [1.54, 1.807) is 0 Å². The van der Waals surface area contributed by atoms with Gasteiger partial charge in [-0.1, -0.05) is 11.2 Å². The monoisotopic (exact) mass is 243 g/mol. The van der Waals surface area contributed by atoms with Crippen LogP contribution in [0.1, 0.15) is 11.5 Å². The molecule has 3 rings (SSSR count). The number of rotatable bonds is 3. The second-order valence-electron chi connectivity index (χ2n) is 4.20. The number of nitrogens with zero attached hydrogens (tertiary/aromatic N) is 4. The number of imidazole rings is 1. The van der Waals surface area contributed by atoms with E-state index in [2.05, 4.69) is 21.2 Å². The van der Waals surface area contributed by atoms with Crippen molar-refractivity contribution < 1.29 is 4.52 Å². The summed E-state index contributed by atoms with van der Waals surface area (Å²) in [5.74, 6) is 1.11. The Labute approximate surface area is 103 Å². The molecule has 3 aromatic rings. The van der Waals surface area contributed by atoms with Crippen molar-refractivity contribution in [2.75, 3.05) is 5.73 Å². The first-order valence-electron chi connectivity index (χ1n) is 5.72. The number of hydrogen-bond donors (Lipinski definition) is 1. The number of aryl methyl sites for hydroxylation is 3. The van der Waals surface area contributed by atoms with Crippen LogP contribution in [0.25, 0.3) is 11.0 Å². The molecule has 18 heavy (non-hydrogen) atoms. The van der Waals surface area contributed by atoms with Crippen LogP contribution in [0.3, 0.4) is 0 Å². The van der Waals surface area contributed by atoms with Crippen LogP contribution < -0.4 is 5.73 Å². The van der Waals surface area contributed by atoms with E-state index in [1.807, 2.05) is 23.6 Å². The molecule has 2 N–H and O–H groups in total. The third-order valence-corrected chi connectivity index (χ3v) is 2.89. The highest BCUT2D eigenvalue weighted by Crippen LogP contribution is 2.19. The second kappa shape index (κ2) is 4.14. The van der Waals surface area contributed by atoms with Gasteiger partial charge in [0.05, 0.1) is 11.0 Å². The van der Waals surface area contributed by atoms with Crippen molar-refractivity contribution in [2.45, 2.75) is 19.9 Å².